The van der Waals surface area contributed by atoms with E-state index in [-0.39, 0.29) is 5.41 Å². The molecule has 1 heteroatoms. The molecule has 0 unspecified atom stereocenters. The summed E-state index contributed by atoms with van der Waals surface area (Å²) in [6.45, 7) is 4.61. The molecule has 2 aliphatic carbocycles. The average Bonchev–Trinajstić information content (AvgIpc) is 2.56. The number of hydrogen-bond acceptors (Lipinski definition) is 1. The predicted octanol–water partition coefficient (Wildman–Crippen LogP) is 6.87. The number of nitriles is 1. The minimum absolute atomic E-state index is 0.0461. The van der Waals surface area contributed by atoms with Gasteiger partial charge in [0, 0.05) is 0 Å². The molecule has 0 heterocycles. The van der Waals surface area contributed by atoms with Crippen LogP contribution in [0.15, 0.2) is 0 Å². The van der Waals surface area contributed by atoms with E-state index in [9.17, 15) is 5.26 Å². The van der Waals surface area contributed by atoms with Crippen LogP contribution in [0.25, 0.3) is 0 Å². The molecule has 0 aromatic heterocycles. The first-order valence-electron chi connectivity index (χ1n) is 10.1. The van der Waals surface area contributed by atoms with Gasteiger partial charge in [0.25, 0.3) is 0 Å². The zero-order chi connectivity index (χ0) is 15.8. The van der Waals surface area contributed by atoms with Crippen LogP contribution in [0, 0.1) is 34.5 Å². The summed E-state index contributed by atoms with van der Waals surface area (Å²) in [5, 5.41) is 9.75. The molecule has 0 amide bonds. The van der Waals surface area contributed by atoms with Crippen LogP contribution in [0.5, 0.6) is 0 Å². The van der Waals surface area contributed by atoms with Crippen molar-refractivity contribution in [3.63, 3.8) is 0 Å². The van der Waals surface area contributed by atoms with Gasteiger partial charge in [0.1, 0.15) is 0 Å². The minimum atomic E-state index is 0.0461. The van der Waals surface area contributed by atoms with Crippen molar-refractivity contribution < 1.29 is 0 Å². The molecule has 2 aliphatic rings. The van der Waals surface area contributed by atoms with Gasteiger partial charge in [0.2, 0.25) is 0 Å². The van der Waals surface area contributed by atoms with Crippen LogP contribution < -0.4 is 0 Å². The fourth-order valence-corrected chi connectivity index (χ4v) is 5.04. The van der Waals surface area contributed by atoms with E-state index in [4.69, 9.17) is 0 Å². The molecular formula is C21H37N. The van der Waals surface area contributed by atoms with E-state index in [1.165, 1.54) is 89.9 Å². The monoisotopic (exact) mass is 303 g/mol. The molecule has 126 valence electrons. The van der Waals surface area contributed by atoms with Gasteiger partial charge in [-0.05, 0) is 56.3 Å². The Balaban J connectivity index is 1.72. The van der Waals surface area contributed by atoms with E-state index in [1.54, 1.807) is 0 Å². The standard InChI is InChI=1S/C21H37N/c1-3-5-18-7-9-20(10-8-18)13-16-21(17-22)14-11-19(6-4-2)12-15-21/h18-20H,3-16H2,1-2H3. The highest BCUT2D eigenvalue weighted by atomic mass is 14.4. The summed E-state index contributed by atoms with van der Waals surface area (Å²) in [4.78, 5) is 0. The molecule has 1 nitrogen and oxygen atoms in total. The molecule has 0 N–H and O–H groups in total. The Kier molecular flexibility index (Phi) is 7.26. The van der Waals surface area contributed by atoms with Crippen LogP contribution in [-0.4, -0.2) is 0 Å². The minimum Gasteiger partial charge on any atom is -0.198 e. The molecule has 0 bridgehead atoms. The molecule has 2 fully saturated rings. The zero-order valence-corrected chi connectivity index (χ0v) is 15.1. The lowest BCUT2D eigenvalue weighted by atomic mass is 9.66. The van der Waals surface area contributed by atoms with E-state index >= 15 is 0 Å². The van der Waals surface area contributed by atoms with Crippen molar-refractivity contribution in [2.45, 2.75) is 104 Å². The Labute approximate surface area is 138 Å². The van der Waals surface area contributed by atoms with Crippen LogP contribution in [-0.2, 0) is 0 Å². The van der Waals surface area contributed by atoms with E-state index in [0.717, 1.165) is 17.8 Å². The second kappa shape index (κ2) is 8.95. The molecule has 0 atom stereocenters. The number of hydrogen-bond donors (Lipinski definition) is 0. The normalized spacial score (nSPS) is 36.0. The van der Waals surface area contributed by atoms with Crippen molar-refractivity contribution in [3.05, 3.63) is 0 Å². The van der Waals surface area contributed by atoms with Crippen molar-refractivity contribution in [2.75, 3.05) is 0 Å². The maximum absolute atomic E-state index is 9.75. The molecular weight excluding hydrogens is 266 g/mol. The summed E-state index contributed by atoms with van der Waals surface area (Å²) < 4.78 is 0. The van der Waals surface area contributed by atoms with E-state index in [0.29, 0.717) is 0 Å². The van der Waals surface area contributed by atoms with Gasteiger partial charge in [0.05, 0.1) is 11.5 Å². The largest absolute Gasteiger partial charge is 0.198 e. The van der Waals surface area contributed by atoms with E-state index in [2.05, 4.69) is 19.9 Å². The summed E-state index contributed by atoms with van der Waals surface area (Å²) in [5.74, 6) is 2.85. The highest BCUT2D eigenvalue weighted by Crippen LogP contribution is 2.45. The third-order valence-corrected chi connectivity index (χ3v) is 6.69. The second-order valence-corrected chi connectivity index (χ2v) is 8.34. The van der Waals surface area contributed by atoms with Crippen molar-refractivity contribution in [2.24, 2.45) is 23.2 Å². The predicted molar refractivity (Wildman–Crippen MR) is 94.5 cm³/mol. The van der Waals surface area contributed by atoms with Gasteiger partial charge >= 0.3 is 0 Å². The quantitative estimate of drug-likeness (QED) is 0.503. The van der Waals surface area contributed by atoms with Gasteiger partial charge in [-0.15, -0.1) is 0 Å². The summed E-state index contributed by atoms with van der Waals surface area (Å²) in [5.41, 5.74) is 0.0461. The molecule has 2 saturated carbocycles. The maximum atomic E-state index is 9.75. The molecule has 2 rings (SSSR count). The molecule has 0 aromatic carbocycles. The average molecular weight is 304 g/mol. The lowest BCUT2D eigenvalue weighted by molar-refractivity contribution is 0.164. The van der Waals surface area contributed by atoms with E-state index in [1.807, 2.05) is 0 Å². The van der Waals surface area contributed by atoms with Crippen LogP contribution >= 0.6 is 0 Å². The molecule has 22 heavy (non-hydrogen) atoms. The smallest absolute Gasteiger partial charge is 0.0689 e. The van der Waals surface area contributed by atoms with Gasteiger partial charge in [-0.1, -0.05) is 65.2 Å². The number of rotatable bonds is 7. The summed E-state index contributed by atoms with van der Waals surface area (Å²) in [7, 11) is 0. The first kappa shape index (κ1) is 17.8. The lowest BCUT2D eigenvalue weighted by Crippen LogP contribution is -2.27. The van der Waals surface area contributed by atoms with Crippen molar-refractivity contribution in [1.29, 1.82) is 5.26 Å². The Morgan fingerprint density at radius 1 is 0.773 bits per heavy atom. The first-order chi connectivity index (χ1) is 10.7. The van der Waals surface area contributed by atoms with Crippen molar-refractivity contribution in [3.8, 4) is 6.07 Å². The summed E-state index contributed by atoms with van der Waals surface area (Å²) in [6.07, 6.45) is 18.8. The van der Waals surface area contributed by atoms with Crippen LogP contribution in [0.2, 0.25) is 0 Å². The Morgan fingerprint density at radius 3 is 1.68 bits per heavy atom. The SMILES string of the molecule is CCCC1CCC(CCC2(C#N)CCC(CCC)CC2)CC1. The summed E-state index contributed by atoms with van der Waals surface area (Å²) in [6, 6.07) is 2.75. The molecule has 0 aliphatic heterocycles. The van der Waals surface area contributed by atoms with Gasteiger partial charge < -0.3 is 0 Å². The fourth-order valence-electron chi connectivity index (χ4n) is 5.04. The van der Waals surface area contributed by atoms with Crippen LogP contribution in [0.1, 0.15) is 104 Å². The molecule has 0 aromatic rings. The summed E-state index contributed by atoms with van der Waals surface area (Å²) >= 11 is 0. The zero-order valence-electron chi connectivity index (χ0n) is 15.1. The van der Waals surface area contributed by atoms with E-state index < -0.39 is 0 Å². The van der Waals surface area contributed by atoms with Crippen molar-refractivity contribution in [1.82, 2.24) is 0 Å². The topological polar surface area (TPSA) is 23.8 Å². The Bertz CT molecular complexity index is 337. The third-order valence-electron chi connectivity index (χ3n) is 6.69. The fraction of sp³-hybridized carbons (Fsp3) is 0.952. The van der Waals surface area contributed by atoms with Crippen LogP contribution in [0.4, 0.5) is 0 Å². The maximum Gasteiger partial charge on any atom is 0.0689 e. The highest BCUT2D eigenvalue weighted by Gasteiger charge is 2.35. The Hall–Kier alpha value is -0.510. The number of nitrogens with zero attached hydrogens (tertiary/aromatic N) is 1. The highest BCUT2D eigenvalue weighted by molar-refractivity contribution is 5.01. The van der Waals surface area contributed by atoms with Gasteiger partial charge in [-0.3, -0.25) is 0 Å². The molecule has 0 radical (unpaired) electrons. The third kappa shape index (κ3) is 5.00. The molecule has 0 saturated heterocycles. The second-order valence-electron chi connectivity index (χ2n) is 8.34. The van der Waals surface area contributed by atoms with Gasteiger partial charge in [-0.25, -0.2) is 0 Å². The van der Waals surface area contributed by atoms with Crippen LogP contribution in [0.3, 0.4) is 0 Å². The first-order valence-corrected chi connectivity index (χ1v) is 10.1. The van der Waals surface area contributed by atoms with Gasteiger partial charge in [0.15, 0.2) is 0 Å². The van der Waals surface area contributed by atoms with Gasteiger partial charge in [-0.2, -0.15) is 5.26 Å². The van der Waals surface area contributed by atoms with Crippen molar-refractivity contribution >= 4 is 0 Å². The Morgan fingerprint density at radius 2 is 1.23 bits per heavy atom. The lowest BCUT2D eigenvalue weighted by Gasteiger charge is -2.37. The molecule has 0 spiro atoms.